The molecule has 0 atom stereocenters. The fourth-order valence-corrected chi connectivity index (χ4v) is 2.71. The summed E-state index contributed by atoms with van der Waals surface area (Å²) in [7, 11) is 0. The Hall–Kier alpha value is -1.86. The topological polar surface area (TPSA) is 79.4 Å². The van der Waals surface area contributed by atoms with Crippen LogP contribution in [0.5, 0.6) is 0 Å². The van der Waals surface area contributed by atoms with Gasteiger partial charge in [0, 0.05) is 6.54 Å². The number of anilines is 1. The fraction of sp³-hybridized carbons (Fsp3) is 0.231. The highest BCUT2D eigenvalue weighted by molar-refractivity contribution is 7.99. The quantitative estimate of drug-likeness (QED) is 0.750. The zero-order valence-corrected chi connectivity index (χ0v) is 12.9. The largest absolute Gasteiger partial charge is 0.354 e. The summed E-state index contributed by atoms with van der Waals surface area (Å²) in [5.41, 5.74) is 1.88. The second-order valence-corrected chi connectivity index (χ2v) is 5.59. The van der Waals surface area contributed by atoms with Crippen molar-refractivity contribution in [2.24, 2.45) is 0 Å². The van der Waals surface area contributed by atoms with E-state index >= 15 is 0 Å². The molecule has 1 aromatic carbocycles. The molecule has 6 nitrogen and oxygen atoms in total. The molecule has 0 aliphatic rings. The molecule has 0 aliphatic carbocycles. The van der Waals surface area contributed by atoms with E-state index in [9.17, 15) is 0 Å². The summed E-state index contributed by atoms with van der Waals surface area (Å²) in [6, 6.07) is 7.83. The Morgan fingerprint density at radius 2 is 2.05 bits per heavy atom. The molecule has 0 unspecified atom stereocenters. The van der Waals surface area contributed by atoms with E-state index in [-0.39, 0.29) is 5.28 Å². The molecule has 0 bridgehead atoms. The number of aromatic amines is 1. The molecule has 0 aliphatic heterocycles. The molecular formula is C13H13ClN6S. The highest BCUT2D eigenvalue weighted by atomic mass is 35.5. The van der Waals surface area contributed by atoms with Gasteiger partial charge < -0.3 is 10.3 Å². The first-order valence-electron chi connectivity index (χ1n) is 6.52. The lowest BCUT2D eigenvalue weighted by Crippen LogP contribution is -2.06. The van der Waals surface area contributed by atoms with Crippen molar-refractivity contribution >= 4 is 40.3 Å². The van der Waals surface area contributed by atoms with Crippen molar-refractivity contribution < 1.29 is 0 Å². The van der Waals surface area contributed by atoms with Crippen LogP contribution in [-0.2, 0) is 0 Å². The molecule has 8 heteroatoms. The average Bonchev–Trinajstić information content (AvgIpc) is 2.86. The van der Waals surface area contributed by atoms with Gasteiger partial charge in [0.15, 0.2) is 5.16 Å². The van der Waals surface area contributed by atoms with Gasteiger partial charge in [-0.1, -0.05) is 19.1 Å². The molecule has 2 heterocycles. The first kappa shape index (κ1) is 14.1. The summed E-state index contributed by atoms with van der Waals surface area (Å²) in [6.45, 7) is 2.86. The van der Waals surface area contributed by atoms with Gasteiger partial charge in [0.1, 0.15) is 0 Å². The zero-order valence-electron chi connectivity index (χ0n) is 11.3. The standard InChI is InChI=1S/C13H13ClN6S/c1-2-7-15-11-18-10(14)19-13(20-11)21-12-16-8-5-3-4-6-9(8)17-12/h3-6H,2,7H2,1H3,(H,16,17)(H,15,18,19,20). The van der Waals surface area contributed by atoms with E-state index in [1.807, 2.05) is 24.3 Å². The Morgan fingerprint density at radius 3 is 2.86 bits per heavy atom. The van der Waals surface area contributed by atoms with Gasteiger partial charge in [-0.25, -0.2) is 4.98 Å². The summed E-state index contributed by atoms with van der Waals surface area (Å²) < 4.78 is 0. The third-order valence-corrected chi connectivity index (χ3v) is 3.60. The predicted octanol–water partition coefficient (Wildman–Crippen LogP) is 3.37. The predicted molar refractivity (Wildman–Crippen MR) is 83.8 cm³/mol. The highest BCUT2D eigenvalue weighted by Gasteiger charge is 2.09. The van der Waals surface area contributed by atoms with Crippen LogP contribution in [0.1, 0.15) is 13.3 Å². The molecule has 108 valence electrons. The maximum Gasteiger partial charge on any atom is 0.228 e. The maximum atomic E-state index is 5.93. The number of imidazole rings is 1. The third-order valence-electron chi connectivity index (χ3n) is 2.68. The molecule has 0 spiro atoms. The number of aromatic nitrogens is 5. The summed E-state index contributed by atoms with van der Waals surface area (Å²) in [6.07, 6.45) is 0.981. The van der Waals surface area contributed by atoms with Crippen molar-refractivity contribution in [3.63, 3.8) is 0 Å². The molecule has 2 aromatic heterocycles. The van der Waals surface area contributed by atoms with E-state index in [1.54, 1.807) is 0 Å². The van der Waals surface area contributed by atoms with E-state index in [0.717, 1.165) is 29.2 Å². The Balaban J connectivity index is 1.84. The van der Waals surface area contributed by atoms with Gasteiger partial charge in [0.2, 0.25) is 16.4 Å². The molecular weight excluding hydrogens is 308 g/mol. The molecule has 21 heavy (non-hydrogen) atoms. The Bertz CT molecular complexity index is 726. The van der Waals surface area contributed by atoms with Crippen LogP contribution in [0.4, 0.5) is 5.95 Å². The average molecular weight is 321 g/mol. The minimum absolute atomic E-state index is 0.169. The van der Waals surface area contributed by atoms with Crippen LogP contribution in [0.15, 0.2) is 34.6 Å². The number of benzene rings is 1. The van der Waals surface area contributed by atoms with Gasteiger partial charge in [0.25, 0.3) is 0 Å². The molecule has 0 saturated carbocycles. The number of halogens is 1. The van der Waals surface area contributed by atoms with Crippen molar-refractivity contribution in [2.45, 2.75) is 23.7 Å². The molecule has 0 saturated heterocycles. The summed E-state index contributed by atoms with van der Waals surface area (Å²) >= 11 is 7.25. The Morgan fingerprint density at radius 1 is 1.19 bits per heavy atom. The second-order valence-electron chi connectivity index (χ2n) is 4.30. The number of fused-ring (bicyclic) bond motifs is 1. The Labute approximate surface area is 130 Å². The van der Waals surface area contributed by atoms with Gasteiger partial charge in [-0.05, 0) is 41.9 Å². The minimum atomic E-state index is 0.169. The molecule has 3 aromatic rings. The number of hydrogen-bond donors (Lipinski definition) is 2. The number of rotatable bonds is 5. The van der Waals surface area contributed by atoms with E-state index in [2.05, 4.69) is 37.2 Å². The summed E-state index contributed by atoms with van der Waals surface area (Å²) in [5.74, 6) is 0.482. The van der Waals surface area contributed by atoms with Gasteiger partial charge in [-0.2, -0.15) is 15.0 Å². The number of hydrogen-bond acceptors (Lipinski definition) is 6. The molecule has 2 N–H and O–H groups in total. The number of H-pyrrole nitrogens is 1. The van der Waals surface area contributed by atoms with Crippen molar-refractivity contribution in [2.75, 3.05) is 11.9 Å². The molecule has 0 radical (unpaired) electrons. The van der Waals surface area contributed by atoms with Crippen molar-refractivity contribution in [3.05, 3.63) is 29.5 Å². The smallest absolute Gasteiger partial charge is 0.228 e. The van der Waals surface area contributed by atoms with Crippen LogP contribution < -0.4 is 5.32 Å². The zero-order chi connectivity index (χ0) is 14.7. The first-order chi connectivity index (χ1) is 10.2. The van der Waals surface area contributed by atoms with Crippen molar-refractivity contribution in [1.82, 2.24) is 24.9 Å². The van der Waals surface area contributed by atoms with E-state index in [0.29, 0.717) is 11.1 Å². The SMILES string of the molecule is CCCNc1nc(Cl)nc(Sc2nc3ccccc3[nH]2)n1. The van der Waals surface area contributed by atoms with Crippen LogP contribution in [0.3, 0.4) is 0 Å². The lowest BCUT2D eigenvalue weighted by Gasteiger charge is -2.04. The van der Waals surface area contributed by atoms with Crippen molar-refractivity contribution in [3.8, 4) is 0 Å². The lowest BCUT2D eigenvalue weighted by molar-refractivity contribution is 0.874. The number of para-hydroxylation sites is 2. The second kappa shape index (κ2) is 6.28. The van der Waals surface area contributed by atoms with Crippen LogP contribution in [0.2, 0.25) is 5.28 Å². The first-order valence-corrected chi connectivity index (χ1v) is 7.72. The fourth-order valence-electron chi connectivity index (χ4n) is 1.76. The normalized spacial score (nSPS) is 11.0. The summed E-state index contributed by atoms with van der Waals surface area (Å²) in [5, 5.41) is 4.50. The maximum absolute atomic E-state index is 5.93. The van der Waals surface area contributed by atoms with E-state index in [1.165, 1.54) is 11.8 Å². The lowest BCUT2D eigenvalue weighted by atomic mass is 10.3. The molecule has 0 amide bonds. The van der Waals surface area contributed by atoms with E-state index in [4.69, 9.17) is 11.6 Å². The third kappa shape index (κ3) is 3.43. The number of nitrogens with zero attached hydrogens (tertiary/aromatic N) is 4. The van der Waals surface area contributed by atoms with E-state index < -0.39 is 0 Å². The monoisotopic (exact) mass is 320 g/mol. The van der Waals surface area contributed by atoms with Crippen molar-refractivity contribution in [1.29, 1.82) is 0 Å². The van der Waals surface area contributed by atoms with Gasteiger partial charge in [0.05, 0.1) is 11.0 Å². The van der Waals surface area contributed by atoms with Gasteiger partial charge in [-0.3, -0.25) is 0 Å². The van der Waals surface area contributed by atoms with Crippen LogP contribution in [-0.4, -0.2) is 31.5 Å². The minimum Gasteiger partial charge on any atom is -0.354 e. The number of nitrogens with one attached hydrogen (secondary N) is 2. The summed E-state index contributed by atoms with van der Waals surface area (Å²) in [4.78, 5) is 20.2. The molecule has 3 rings (SSSR count). The Kier molecular flexibility index (Phi) is 4.21. The van der Waals surface area contributed by atoms with Crippen LogP contribution >= 0.6 is 23.4 Å². The van der Waals surface area contributed by atoms with Gasteiger partial charge in [-0.15, -0.1) is 0 Å². The van der Waals surface area contributed by atoms with Gasteiger partial charge >= 0.3 is 0 Å². The van der Waals surface area contributed by atoms with Crippen LogP contribution in [0, 0.1) is 0 Å². The molecule has 0 fully saturated rings. The van der Waals surface area contributed by atoms with Crippen LogP contribution in [0.25, 0.3) is 11.0 Å². The highest BCUT2D eigenvalue weighted by Crippen LogP contribution is 2.25.